The Morgan fingerprint density at radius 2 is 1.80 bits per heavy atom. The first-order valence-corrected chi connectivity index (χ1v) is 2.79. The molecule has 0 unspecified atom stereocenters. The highest BCUT2D eigenvalue weighted by atomic mass is 35.5. The van der Waals surface area contributed by atoms with Crippen molar-refractivity contribution in [2.75, 3.05) is 0 Å². The summed E-state index contributed by atoms with van der Waals surface area (Å²) in [6, 6.07) is 9.79. The van der Waals surface area contributed by atoms with Gasteiger partial charge in [-0.3, -0.25) is 4.84 Å². The summed E-state index contributed by atoms with van der Waals surface area (Å²) in [5, 5.41) is 0. The Labute approximate surface area is 66.4 Å². The number of hydrogen-bond donors (Lipinski definition) is 1. The molecule has 1 aromatic carbocycles. The summed E-state index contributed by atoms with van der Waals surface area (Å²) in [5.41, 5.74) is 1.10. The molecule has 3 heteroatoms. The molecule has 1 rings (SSSR count). The normalized spacial score (nSPS) is 8.50. The van der Waals surface area contributed by atoms with Crippen LogP contribution in [-0.2, 0) is 11.4 Å². The molecule has 10 heavy (non-hydrogen) atoms. The van der Waals surface area contributed by atoms with Gasteiger partial charge in [-0.1, -0.05) is 30.3 Å². The van der Waals surface area contributed by atoms with Crippen LogP contribution < -0.4 is 5.90 Å². The fraction of sp³-hybridized carbons (Fsp3) is 0.143. The highest BCUT2D eigenvalue weighted by Gasteiger charge is 1.85. The van der Waals surface area contributed by atoms with Crippen LogP contribution in [0.3, 0.4) is 0 Å². The zero-order valence-electron chi connectivity index (χ0n) is 5.49. The SMILES string of the molecule is Cl.NOCc1ccccc1. The Morgan fingerprint density at radius 3 is 2.30 bits per heavy atom. The Hall–Kier alpha value is -0.570. The molecule has 56 valence electrons. The number of hydrogen-bond acceptors (Lipinski definition) is 2. The summed E-state index contributed by atoms with van der Waals surface area (Å²) in [5.74, 6) is 4.86. The summed E-state index contributed by atoms with van der Waals surface area (Å²) in [6.45, 7) is 0.487. The molecule has 0 saturated carbocycles. The van der Waals surface area contributed by atoms with Gasteiger partial charge in [0.1, 0.15) is 0 Å². The van der Waals surface area contributed by atoms with Crippen LogP contribution in [0.25, 0.3) is 0 Å². The zero-order valence-corrected chi connectivity index (χ0v) is 6.30. The average molecular weight is 160 g/mol. The topological polar surface area (TPSA) is 35.2 Å². The van der Waals surface area contributed by atoms with E-state index in [0.717, 1.165) is 5.56 Å². The molecule has 0 radical (unpaired) electrons. The van der Waals surface area contributed by atoms with Crippen LogP contribution in [0.15, 0.2) is 30.3 Å². The van der Waals surface area contributed by atoms with Crippen molar-refractivity contribution in [2.45, 2.75) is 6.61 Å². The standard InChI is InChI=1S/C7H9NO.ClH/c8-9-6-7-4-2-1-3-5-7;/h1-5H,6,8H2;1H. The fourth-order valence-electron chi connectivity index (χ4n) is 0.670. The van der Waals surface area contributed by atoms with Crippen molar-refractivity contribution in [3.8, 4) is 0 Å². The lowest BCUT2D eigenvalue weighted by Gasteiger charge is -1.94. The lowest BCUT2D eigenvalue weighted by atomic mass is 10.2. The second kappa shape index (κ2) is 5.23. The van der Waals surface area contributed by atoms with E-state index in [0.29, 0.717) is 6.61 Å². The predicted molar refractivity (Wildman–Crippen MR) is 42.7 cm³/mol. The summed E-state index contributed by atoms with van der Waals surface area (Å²) in [6.07, 6.45) is 0. The zero-order chi connectivity index (χ0) is 6.53. The second-order valence-electron chi connectivity index (χ2n) is 1.80. The van der Waals surface area contributed by atoms with Gasteiger partial charge in [0.25, 0.3) is 0 Å². The van der Waals surface area contributed by atoms with E-state index < -0.39 is 0 Å². The molecular formula is C7H10ClNO. The van der Waals surface area contributed by atoms with Crippen molar-refractivity contribution in [3.05, 3.63) is 35.9 Å². The molecule has 0 bridgehead atoms. The monoisotopic (exact) mass is 159 g/mol. The molecule has 1 aromatic rings. The number of nitrogens with two attached hydrogens (primary N) is 1. The summed E-state index contributed by atoms with van der Waals surface area (Å²) in [4.78, 5) is 4.43. The third kappa shape index (κ3) is 2.82. The van der Waals surface area contributed by atoms with E-state index in [9.17, 15) is 0 Å². The van der Waals surface area contributed by atoms with E-state index in [2.05, 4.69) is 4.84 Å². The molecule has 0 aliphatic heterocycles. The van der Waals surface area contributed by atoms with Crippen molar-refractivity contribution < 1.29 is 4.84 Å². The van der Waals surface area contributed by atoms with Crippen molar-refractivity contribution >= 4 is 12.4 Å². The molecule has 0 aliphatic rings. The third-order valence-electron chi connectivity index (χ3n) is 1.09. The van der Waals surface area contributed by atoms with Crippen molar-refractivity contribution in [1.82, 2.24) is 0 Å². The smallest absolute Gasteiger partial charge is 0.0930 e. The molecule has 2 N–H and O–H groups in total. The van der Waals surface area contributed by atoms with E-state index in [1.807, 2.05) is 30.3 Å². The van der Waals surface area contributed by atoms with Gasteiger partial charge in [-0.15, -0.1) is 12.4 Å². The van der Waals surface area contributed by atoms with Crippen LogP contribution in [0.4, 0.5) is 0 Å². The van der Waals surface area contributed by atoms with Gasteiger partial charge < -0.3 is 0 Å². The Kier molecular flexibility index (Phi) is 4.94. The van der Waals surface area contributed by atoms with Crippen molar-refractivity contribution in [1.29, 1.82) is 0 Å². The molecule has 2 nitrogen and oxygen atoms in total. The first-order chi connectivity index (χ1) is 4.43. The second-order valence-corrected chi connectivity index (χ2v) is 1.80. The molecule has 0 aromatic heterocycles. The van der Waals surface area contributed by atoms with E-state index in [1.54, 1.807) is 0 Å². The molecule has 0 heterocycles. The number of rotatable bonds is 2. The van der Waals surface area contributed by atoms with Gasteiger partial charge in [-0.2, -0.15) is 0 Å². The Morgan fingerprint density at radius 1 is 1.20 bits per heavy atom. The maximum Gasteiger partial charge on any atom is 0.0930 e. The summed E-state index contributed by atoms with van der Waals surface area (Å²) in [7, 11) is 0. The Balaban J connectivity index is 0.000000810. The highest BCUT2D eigenvalue weighted by molar-refractivity contribution is 5.85. The van der Waals surface area contributed by atoms with Gasteiger partial charge in [-0.25, -0.2) is 5.90 Å². The average Bonchev–Trinajstić information content (AvgIpc) is 1.91. The van der Waals surface area contributed by atoms with Crippen LogP contribution >= 0.6 is 12.4 Å². The van der Waals surface area contributed by atoms with Gasteiger partial charge in [0, 0.05) is 0 Å². The minimum atomic E-state index is 0. The maximum atomic E-state index is 4.86. The van der Waals surface area contributed by atoms with Gasteiger partial charge in [0.05, 0.1) is 6.61 Å². The first-order valence-electron chi connectivity index (χ1n) is 2.79. The molecule has 0 saturated heterocycles. The molecular weight excluding hydrogens is 150 g/mol. The van der Waals surface area contributed by atoms with Gasteiger partial charge in [-0.05, 0) is 5.56 Å². The van der Waals surface area contributed by atoms with E-state index >= 15 is 0 Å². The largest absolute Gasteiger partial charge is 0.300 e. The molecule has 0 amide bonds. The Bertz CT molecular complexity index is 167. The van der Waals surface area contributed by atoms with Gasteiger partial charge >= 0.3 is 0 Å². The maximum absolute atomic E-state index is 4.86. The van der Waals surface area contributed by atoms with Crippen LogP contribution in [0.2, 0.25) is 0 Å². The minimum Gasteiger partial charge on any atom is -0.300 e. The summed E-state index contributed by atoms with van der Waals surface area (Å²) < 4.78 is 0. The van der Waals surface area contributed by atoms with Crippen LogP contribution in [0.5, 0.6) is 0 Å². The predicted octanol–water partition coefficient (Wildman–Crippen LogP) is 1.50. The van der Waals surface area contributed by atoms with Gasteiger partial charge in [0.2, 0.25) is 0 Å². The van der Waals surface area contributed by atoms with E-state index in [1.165, 1.54) is 0 Å². The quantitative estimate of drug-likeness (QED) is 0.664. The lowest BCUT2D eigenvalue weighted by Crippen LogP contribution is -1.97. The number of benzene rings is 1. The molecule has 0 atom stereocenters. The van der Waals surface area contributed by atoms with E-state index in [-0.39, 0.29) is 12.4 Å². The minimum absolute atomic E-state index is 0. The van der Waals surface area contributed by atoms with Gasteiger partial charge in [0.15, 0.2) is 0 Å². The van der Waals surface area contributed by atoms with Crippen LogP contribution in [0, 0.1) is 0 Å². The summed E-state index contributed by atoms with van der Waals surface area (Å²) >= 11 is 0. The fourth-order valence-corrected chi connectivity index (χ4v) is 0.670. The third-order valence-corrected chi connectivity index (χ3v) is 1.09. The molecule has 0 spiro atoms. The number of halogens is 1. The molecule has 0 aliphatic carbocycles. The first kappa shape index (κ1) is 9.43. The van der Waals surface area contributed by atoms with E-state index in [4.69, 9.17) is 5.90 Å². The van der Waals surface area contributed by atoms with Crippen LogP contribution in [-0.4, -0.2) is 0 Å². The lowest BCUT2D eigenvalue weighted by molar-refractivity contribution is 0.124. The van der Waals surface area contributed by atoms with Crippen molar-refractivity contribution in [2.24, 2.45) is 5.90 Å². The molecule has 0 fully saturated rings. The van der Waals surface area contributed by atoms with Crippen molar-refractivity contribution in [3.63, 3.8) is 0 Å². The van der Waals surface area contributed by atoms with Crippen LogP contribution in [0.1, 0.15) is 5.56 Å². The highest BCUT2D eigenvalue weighted by Crippen LogP contribution is 1.97.